The van der Waals surface area contributed by atoms with Gasteiger partial charge in [0.15, 0.2) is 5.11 Å². The average molecular weight is 471 g/mol. The van der Waals surface area contributed by atoms with Gasteiger partial charge in [-0.25, -0.2) is 4.39 Å². The van der Waals surface area contributed by atoms with E-state index in [0.29, 0.717) is 22.4 Å². The van der Waals surface area contributed by atoms with Crippen LogP contribution in [0.25, 0.3) is 17.0 Å². The molecule has 0 fully saturated rings. The van der Waals surface area contributed by atoms with Crippen LogP contribution < -0.4 is 10.2 Å². The molecule has 2 heterocycles. The molecule has 0 saturated heterocycles. The predicted molar refractivity (Wildman–Crippen MR) is 136 cm³/mol. The van der Waals surface area contributed by atoms with Crippen molar-refractivity contribution in [1.82, 2.24) is 15.5 Å². The van der Waals surface area contributed by atoms with Gasteiger partial charge in [0.2, 0.25) is 5.82 Å². The Morgan fingerprint density at radius 2 is 1.68 bits per heavy atom. The second kappa shape index (κ2) is 8.83. The van der Waals surface area contributed by atoms with E-state index in [0.717, 1.165) is 22.5 Å². The van der Waals surface area contributed by atoms with Crippen LogP contribution in [0.5, 0.6) is 0 Å². The third kappa shape index (κ3) is 3.99. The molecule has 170 valence electrons. The van der Waals surface area contributed by atoms with Gasteiger partial charge in [0.05, 0.1) is 11.6 Å². The second-order valence-corrected chi connectivity index (χ2v) is 8.71. The number of hydrogen-bond donors (Lipinski definition) is 1. The highest BCUT2D eigenvalue weighted by Gasteiger charge is 2.34. The number of halogens is 1. The van der Waals surface area contributed by atoms with Crippen LogP contribution >= 0.6 is 12.2 Å². The molecule has 0 spiro atoms. The van der Waals surface area contributed by atoms with Gasteiger partial charge in [-0.15, -0.1) is 0 Å². The first-order valence-electron chi connectivity index (χ1n) is 11.0. The molecule has 1 unspecified atom stereocenters. The van der Waals surface area contributed by atoms with E-state index in [1.54, 1.807) is 12.1 Å². The van der Waals surface area contributed by atoms with Gasteiger partial charge < -0.3 is 9.84 Å². The fourth-order valence-electron chi connectivity index (χ4n) is 4.15. The summed E-state index contributed by atoms with van der Waals surface area (Å²) in [5.41, 5.74) is 6.79. The Bertz CT molecular complexity index is 1400. The zero-order valence-electron chi connectivity index (χ0n) is 19.0. The fourth-order valence-corrected chi connectivity index (χ4v) is 4.51. The molecular formula is C27H23FN4OS. The summed E-state index contributed by atoms with van der Waals surface area (Å²) in [5.74, 6) is 0.467. The maximum atomic E-state index is 13.4. The van der Waals surface area contributed by atoms with Crippen LogP contribution in [-0.2, 0) is 0 Å². The van der Waals surface area contributed by atoms with Crippen LogP contribution in [-0.4, -0.2) is 15.3 Å². The highest BCUT2D eigenvalue weighted by atomic mass is 32.1. The summed E-state index contributed by atoms with van der Waals surface area (Å²) in [5, 5.41) is 8.26. The molecule has 0 radical (unpaired) electrons. The van der Waals surface area contributed by atoms with Gasteiger partial charge in [-0.2, -0.15) is 4.98 Å². The van der Waals surface area contributed by atoms with E-state index in [-0.39, 0.29) is 11.9 Å². The number of aromatic nitrogens is 2. The van der Waals surface area contributed by atoms with E-state index in [9.17, 15) is 4.39 Å². The molecule has 1 aromatic heterocycles. The minimum Gasteiger partial charge on any atom is -0.351 e. The van der Waals surface area contributed by atoms with E-state index in [4.69, 9.17) is 16.7 Å². The third-order valence-corrected chi connectivity index (χ3v) is 6.42. The molecule has 1 atom stereocenters. The topological polar surface area (TPSA) is 54.2 Å². The lowest BCUT2D eigenvalue weighted by Gasteiger charge is -2.37. The smallest absolute Gasteiger partial charge is 0.258 e. The predicted octanol–water partition coefficient (Wildman–Crippen LogP) is 6.36. The first-order valence-corrected chi connectivity index (χ1v) is 11.4. The molecule has 3 aromatic carbocycles. The van der Waals surface area contributed by atoms with Crippen LogP contribution in [0.1, 0.15) is 35.5 Å². The highest BCUT2D eigenvalue weighted by Crippen LogP contribution is 2.39. The summed E-state index contributed by atoms with van der Waals surface area (Å²) >= 11 is 5.80. The number of rotatable bonds is 4. The Morgan fingerprint density at radius 3 is 2.38 bits per heavy atom. The lowest BCUT2D eigenvalue weighted by Crippen LogP contribution is -2.46. The standard InChI is InChI=1S/C27H23FN4OS/c1-16-9-10-20(15-17(16)2)24-23(18(3)32(27(34)29-24)22-7-5-4-6-8-22)26-30-25(31-33-26)19-11-13-21(28)14-12-19/h4-15,24H,1-3H3,(H,29,34). The van der Waals surface area contributed by atoms with E-state index in [1.165, 1.54) is 23.3 Å². The van der Waals surface area contributed by atoms with Gasteiger partial charge in [-0.05, 0) is 86.1 Å². The molecule has 0 aliphatic carbocycles. The summed E-state index contributed by atoms with van der Waals surface area (Å²) < 4.78 is 19.2. The molecule has 34 heavy (non-hydrogen) atoms. The largest absolute Gasteiger partial charge is 0.351 e. The van der Waals surface area contributed by atoms with Crippen LogP contribution in [0.3, 0.4) is 0 Å². The third-order valence-electron chi connectivity index (χ3n) is 6.12. The maximum Gasteiger partial charge on any atom is 0.258 e. The first kappa shape index (κ1) is 22.0. The number of aryl methyl sites for hydroxylation is 2. The van der Waals surface area contributed by atoms with Gasteiger partial charge in [-0.3, -0.25) is 4.90 Å². The number of allylic oxidation sites excluding steroid dienone is 1. The van der Waals surface area contributed by atoms with Crippen LogP contribution in [0.4, 0.5) is 10.1 Å². The summed E-state index contributed by atoms with van der Waals surface area (Å²) in [6.45, 7) is 6.18. The lowest BCUT2D eigenvalue weighted by atomic mass is 9.92. The number of anilines is 1. The monoisotopic (exact) mass is 470 g/mol. The quantitative estimate of drug-likeness (QED) is 0.350. The number of benzene rings is 3. The molecule has 7 heteroatoms. The van der Waals surface area contributed by atoms with Gasteiger partial charge >= 0.3 is 0 Å². The van der Waals surface area contributed by atoms with Crippen LogP contribution in [0.2, 0.25) is 0 Å². The minimum absolute atomic E-state index is 0.270. The SMILES string of the molecule is CC1=C(c2nc(-c3ccc(F)cc3)no2)C(c2ccc(C)c(C)c2)NC(=S)N1c1ccccc1. The number of nitrogens with zero attached hydrogens (tertiary/aromatic N) is 3. The molecule has 1 aliphatic heterocycles. The van der Waals surface area contributed by atoms with Gasteiger partial charge in [-0.1, -0.05) is 41.6 Å². The van der Waals surface area contributed by atoms with Crippen molar-refractivity contribution in [3.63, 3.8) is 0 Å². The molecule has 5 rings (SSSR count). The number of thiocarbonyl (C=S) groups is 1. The van der Waals surface area contributed by atoms with Crippen molar-refractivity contribution in [2.75, 3.05) is 4.90 Å². The van der Waals surface area contributed by atoms with Gasteiger partial charge in [0.1, 0.15) is 5.82 Å². The normalized spacial score (nSPS) is 16.1. The lowest BCUT2D eigenvalue weighted by molar-refractivity contribution is 0.404. The van der Waals surface area contributed by atoms with Crippen molar-refractivity contribution in [1.29, 1.82) is 0 Å². The number of hydrogen-bond acceptors (Lipinski definition) is 4. The highest BCUT2D eigenvalue weighted by molar-refractivity contribution is 7.80. The van der Waals surface area contributed by atoms with E-state index in [1.807, 2.05) is 42.2 Å². The first-order chi connectivity index (χ1) is 16.4. The zero-order valence-corrected chi connectivity index (χ0v) is 19.9. The summed E-state index contributed by atoms with van der Waals surface area (Å²) in [6, 6.07) is 22.0. The molecule has 1 aliphatic rings. The van der Waals surface area contributed by atoms with Crippen molar-refractivity contribution < 1.29 is 8.91 Å². The summed E-state index contributed by atoms with van der Waals surface area (Å²) in [4.78, 5) is 6.66. The Morgan fingerprint density at radius 1 is 0.941 bits per heavy atom. The Kier molecular flexibility index (Phi) is 5.71. The van der Waals surface area contributed by atoms with Crippen molar-refractivity contribution in [2.24, 2.45) is 0 Å². The van der Waals surface area contributed by atoms with Crippen molar-refractivity contribution in [3.05, 3.63) is 107 Å². The Balaban J connectivity index is 1.66. The average Bonchev–Trinajstić information content (AvgIpc) is 3.31. The van der Waals surface area contributed by atoms with Crippen molar-refractivity contribution in [2.45, 2.75) is 26.8 Å². The van der Waals surface area contributed by atoms with Crippen molar-refractivity contribution in [3.8, 4) is 11.4 Å². The maximum absolute atomic E-state index is 13.4. The summed E-state index contributed by atoms with van der Waals surface area (Å²) in [7, 11) is 0. The van der Waals surface area contributed by atoms with E-state index >= 15 is 0 Å². The molecule has 4 aromatic rings. The molecular weight excluding hydrogens is 447 g/mol. The fraction of sp³-hybridized carbons (Fsp3) is 0.148. The minimum atomic E-state index is -0.315. The molecule has 0 saturated carbocycles. The van der Waals surface area contributed by atoms with Crippen molar-refractivity contribution >= 4 is 28.6 Å². The summed E-state index contributed by atoms with van der Waals surface area (Å²) in [6.07, 6.45) is 0. The number of nitrogens with one attached hydrogen (secondary N) is 1. The van der Waals surface area contributed by atoms with Gasteiger partial charge in [0.25, 0.3) is 5.89 Å². The van der Waals surface area contributed by atoms with Crippen LogP contribution in [0, 0.1) is 19.7 Å². The molecule has 5 nitrogen and oxygen atoms in total. The zero-order chi connectivity index (χ0) is 23.8. The van der Waals surface area contributed by atoms with Crippen LogP contribution in [0.15, 0.2) is 83.0 Å². The Hall–Kier alpha value is -3.84. The number of para-hydroxylation sites is 1. The molecule has 1 N–H and O–H groups in total. The van der Waals surface area contributed by atoms with E-state index in [2.05, 4.69) is 47.5 Å². The van der Waals surface area contributed by atoms with E-state index < -0.39 is 0 Å². The molecule has 0 bridgehead atoms. The second-order valence-electron chi connectivity index (χ2n) is 8.33. The van der Waals surface area contributed by atoms with Gasteiger partial charge in [0, 0.05) is 16.9 Å². The molecule has 0 amide bonds. The Labute approximate surface area is 202 Å².